The van der Waals surface area contributed by atoms with Gasteiger partial charge in [-0.1, -0.05) is 0 Å². The van der Waals surface area contributed by atoms with Gasteiger partial charge in [0.2, 0.25) is 11.9 Å². The molecule has 0 aliphatic carbocycles. The lowest BCUT2D eigenvalue weighted by Crippen LogP contribution is -2.49. The molecule has 0 bridgehead atoms. The van der Waals surface area contributed by atoms with E-state index in [0.717, 1.165) is 0 Å². The van der Waals surface area contributed by atoms with Crippen LogP contribution in [0.15, 0.2) is 55.1 Å². The first-order valence-electron chi connectivity index (χ1n) is 12.2. The summed E-state index contributed by atoms with van der Waals surface area (Å²) in [6.07, 6.45) is 5.64. The predicted molar refractivity (Wildman–Crippen MR) is 136 cm³/mol. The number of nitrogens with two attached hydrogens (primary N) is 1. The van der Waals surface area contributed by atoms with Crippen molar-refractivity contribution in [1.82, 2.24) is 19.9 Å². The Morgan fingerprint density at radius 1 is 1.08 bits per heavy atom. The molecule has 1 unspecified atom stereocenters. The third-order valence-electron chi connectivity index (χ3n) is 6.56. The first-order valence-corrected chi connectivity index (χ1v) is 12.2. The van der Waals surface area contributed by atoms with Crippen molar-refractivity contribution in [2.45, 2.75) is 18.9 Å². The fraction of sp³-hybridized carbons (Fsp3) is 0.308. The van der Waals surface area contributed by atoms with Gasteiger partial charge in [-0.15, -0.1) is 0 Å². The summed E-state index contributed by atoms with van der Waals surface area (Å²) in [4.78, 5) is 53.8. The van der Waals surface area contributed by atoms with Crippen molar-refractivity contribution in [3.63, 3.8) is 0 Å². The van der Waals surface area contributed by atoms with Crippen molar-refractivity contribution < 1.29 is 23.5 Å². The van der Waals surface area contributed by atoms with Gasteiger partial charge in [-0.2, -0.15) is 0 Å². The minimum Gasteiger partial charge on any atom is -0.444 e. The molecule has 11 nitrogen and oxygen atoms in total. The SMILES string of the molecule is NC(=O)CCC1CN(c2ccc(-c3cnc(N4CCN(C(=O)c5cccnc5)CC4)nc3)c(F)c2)C(=O)O1. The molecule has 2 aliphatic rings. The van der Waals surface area contributed by atoms with Crippen LogP contribution in [0, 0.1) is 5.82 Å². The molecule has 3 aromatic rings. The number of primary amides is 1. The summed E-state index contributed by atoms with van der Waals surface area (Å²) in [5, 5.41) is 0. The van der Waals surface area contributed by atoms with Gasteiger partial charge in [-0.05, 0) is 36.8 Å². The second kappa shape index (κ2) is 10.8. The van der Waals surface area contributed by atoms with Crippen LogP contribution in [-0.4, -0.2) is 76.6 Å². The molecule has 38 heavy (non-hydrogen) atoms. The lowest BCUT2D eigenvalue weighted by atomic mass is 10.1. The molecule has 1 atom stereocenters. The quantitative estimate of drug-likeness (QED) is 0.502. The third-order valence-corrected chi connectivity index (χ3v) is 6.56. The van der Waals surface area contributed by atoms with Crippen LogP contribution in [0.1, 0.15) is 23.2 Å². The Bertz CT molecular complexity index is 1330. The van der Waals surface area contributed by atoms with Gasteiger partial charge in [0.05, 0.1) is 17.8 Å². The number of ether oxygens (including phenoxy) is 1. The fourth-order valence-corrected chi connectivity index (χ4v) is 4.50. The van der Waals surface area contributed by atoms with Gasteiger partial charge in [0.25, 0.3) is 5.91 Å². The van der Waals surface area contributed by atoms with E-state index in [1.165, 1.54) is 11.0 Å². The van der Waals surface area contributed by atoms with Crippen LogP contribution in [0.5, 0.6) is 0 Å². The number of hydrogen-bond acceptors (Lipinski definition) is 8. The van der Waals surface area contributed by atoms with Crippen LogP contribution >= 0.6 is 0 Å². The van der Waals surface area contributed by atoms with Crippen LogP contribution < -0.4 is 15.5 Å². The Balaban J connectivity index is 1.21. The molecule has 5 rings (SSSR count). The summed E-state index contributed by atoms with van der Waals surface area (Å²) in [5.74, 6) is -0.562. The van der Waals surface area contributed by atoms with Crippen molar-refractivity contribution in [3.05, 3.63) is 66.5 Å². The number of nitrogens with zero attached hydrogens (tertiary/aromatic N) is 6. The number of pyridine rings is 1. The molecular formula is C26H26FN7O4. The van der Waals surface area contributed by atoms with E-state index in [4.69, 9.17) is 10.5 Å². The van der Waals surface area contributed by atoms with E-state index in [0.29, 0.717) is 60.9 Å². The second-order valence-corrected chi connectivity index (χ2v) is 9.08. The molecule has 0 saturated carbocycles. The highest BCUT2D eigenvalue weighted by Gasteiger charge is 2.33. The number of amides is 3. The number of aromatic nitrogens is 3. The molecule has 2 aromatic heterocycles. The molecule has 2 N–H and O–H groups in total. The number of anilines is 2. The number of carbonyl (C=O) groups is 3. The highest BCUT2D eigenvalue weighted by Crippen LogP contribution is 2.29. The standard InChI is InChI=1S/C26H26FN7O4/c27-22-12-19(34-16-20(38-26(34)37)4-6-23(28)35)3-5-21(22)18-14-30-25(31-15-18)33-10-8-32(9-11-33)24(36)17-2-1-7-29-13-17/h1-3,5,7,12-15,20H,4,6,8-11,16H2,(H2,28,35). The third kappa shape index (κ3) is 5.38. The normalized spacial score (nSPS) is 17.4. The molecule has 3 amide bonds. The van der Waals surface area contributed by atoms with E-state index >= 15 is 4.39 Å². The number of carbonyl (C=O) groups excluding carboxylic acids is 3. The first kappa shape index (κ1) is 25.1. The summed E-state index contributed by atoms with van der Waals surface area (Å²) in [7, 11) is 0. The Morgan fingerprint density at radius 2 is 1.84 bits per heavy atom. The molecular weight excluding hydrogens is 493 g/mol. The van der Waals surface area contributed by atoms with Crippen LogP contribution in [0.4, 0.5) is 20.8 Å². The molecule has 4 heterocycles. The topological polar surface area (TPSA) is 135 Å². The predicted octanol–water partition coefficient (Wildman–Crippen LogP) is 2.23. The van der Waals surface area contributed by atoms with E-state index in [9.17, 15) is 14.4 Å². The van der Waals surface area contributed by atoms with E-state index in [2.05, 4.69) is 15.0 Å². The Hall–Kier alpha value is -4.61. The van der Waals surface area contributed by atoms with Gasteiger partial charge in [0.15, 0.2) is 0 Å². The highest BCUT2D eigenvalue weighted by molar-refractivity contribution is 5.94. The van der Waals surface area contributed by atoms with Gasteiger partial charge in [0.1, 0.15) is 11.9 Å². The average molecular weight is 520 g/mol. The van der Waals surface area contributed by atoms with Crippen LogP contribution in [0.3, 0.4) is 0 Å². The summed E-state index contributed by atoms with van der Waals surface area (Å²) in [6, 6.07) is 7.94. The van der Waals surface area contributed by atoms with Crippen LogP contribution in [0.25, 0.3) is 11.1 Å². The zero-order valence-corrected chi connectivity index (χ0v) is 20.5. The molecule has 196 valence electrons. The van der Waals surface area contributed by atoms with Gasteiger partial charge in [-0.3, -0.25) is 19.5 Å². The van der Waals surface area contributed by atoms with E-state index < -0.39 is 23.9 Å². The van der Waals surface area contributed by atoms with Crippen LogP contribution in [0.2, 0.25) is 0 Å². The van der Waals surface area contributed by atoms with Crippen molar-refractivity contribution in [2.75, 3.05) is 42.5 Å². The van der Waals surface area contributed by atoms with E-state index in [1.54, 1.807) is 54.0 Å². The fourth-order valence-electron chi connectivity index (χ4n) is 4.50. The van der Waals surface area contributed by atoms with Gasteiger partial charge < -0.3 is 20.3 Å². The van der Waals surface area contributed by atoms with Crippen LogP contribution in [-0.2, 0) is 9.53 Å². The Morgan fingerprint density at radius 3 is 2.50 bits per heavy atom. The van der Waals surface area contributed by atoms with Crippen molar-refractivity contribution in [3.8, 4) is 11.1 Å². The molecule has 12 heteroatoms. The zero-order chi connectivity index (χ0) is 26.6. The van der Waals surface area contributed by atoms with Gasteiger partial charge in [-0.25, -0.2) is 19.2 Å². The average Bonchev–Trinajstić information content (AvgIpc) is 3.32. The largest absolute Gasteiger partial charge is 0.444 e. The monoisotopic (exact) mass is 519 g/mol. The number of rotatable bonds is 7. The van der Waals surface area contributed by atoms with Crippen molar-refractivity contribution in [1.29, 1.82) is 0 Å². The summed E-state index contributed by atoms with van der Waals surface area (Å²) >= 11 is 0. The maximum absolute atomic E-state index is 15.0. The lowest BCUT2D eigenvalue weighted by molar-refractivity contribution is -0.118. The maximum atomic E-state index is 15.0. The zero-order valence-electron chi connectivity index (χ0n) is 20.5. The Labute approximate surface area is 218 Å². The molecule has 2 saturated heterocycles. The number of benzene rings is 1. The number of hydrogen-bond donors (Lipinski definition) is 1. The molecule has 2 aliphatic heterocycles. The molecule has 1 aromatic carbocycles. The van der Waals surface area contributed by atoms with E-state index in [-0.39, 0.29) is 18.9 Å². The maximum Gasteiger partial charge on any atom is 0.414 e. The number of halogens is 1. The number of piperazine rings is 1. The van der Waals surface area contributed by atoms with Crippen molar-refractivity contribution in [2.24, 2.45) is 5.73 Å². The summed E-state index contributed by atoms with van der Waals surface area (Å²) in [5.41, 5.74) is 6.86. The minimum absolute atomic E-state index is 0.0590. The molecule has 2 fully saturated rings. The number of cyclic esters (lactones) is 1. The summed E-state index contributed by atoms with van der Waals surface area (Å²) in [6.45, 7) is 2.40. The first-order chi connectivity index (χ1) is 18.4. The smallest absolute Gasteiger partial charge is 0.414 e. The molecule has 0 spiro atoms. The van der Waals surface area contributed by atoms with Gasteiger partial charge >= 0.3 is 6.09 Å². The second-order valence-electron chi connectivity index (χ2n) is 9.08. The minimum atomic E-state index is -0.596. The van der Waals surface area contributed by atoms with Gasteiger partial charge in [0, 0.05) is 68.5 Å². The van der Waals surface area contributed by atoms with Crippen molar-refractivity contribution >= 4 is 29.5 Å². The lowest BCUT2D eigenvalue weighted by Gasteiger charge is -2.34. The molecule has 0 radical (unpaired) electrons. The highest BCUT2D eigenvalue weighted by atomic mass is 19.1. The van der Waals surface area contributed by atoms with E-state index in [1.807, 2.05) is 4.90 Å². The summed E-state index contributed by atoms with van der Waals surface area (Å²) < 4.78 is 20.3. The Kier molecular flexibility index (Phi) is 7.11.